The van der Waals surface area contributed by atoms with Gasteiger partial charge in [-0.05, 0) is 61.4 Å². The fraction of sp³-hybridized carbons (Fsp3) is 0.176. The second-order valence-corrected chi connectivity index (χ2v) is 5.65. The first-order valence-electron chi connectivity index (χ1n) is 7.20. The van der Waals surface area contributed by atoms with Crippen LogP contribution in [0.25, 0.3) is 0 Å². The maximum Gasteiger partial charge on any atom is 0.247 e. The fourth-order valence-electron chi connectivity index (χ4n) is 2.50. The summed E-state index contributed by atoms with van der Waals surface area (Å²) in [4.78, 5) is 26.0. The minimum absolute atomic E-state index is 0.402. The number of rotatable bonds is 4. The second-order valence-electron chi connectivity index (χ2n) is 5.65. The summed E-state index contributed by atoms with van der Waals surface area (Å²) in [5, 5.41) is 0. The summed E-state index contributed by atoms with van der Waals surface area (Å²) in [5.41, 5.74) is 11.5. The number of hydrogen-bond acceptors (Lipinski definition) is 3. The highest BCUT2D eigenvalue weighted by atomic mass is 19.1. The maximum atomic E-state index is 13.2. The van der Waals surface area contributed by atoms with Gasteiger partial charge in [0.05, 0.1) is 0 Å². The van der Waals surface area contributed by atoms with Crippen LogP contribution in [0.1, 0.15) is 12.8 Å². The van der Waals surface area contributed by atoms with Gasteiger partial charge in [0.15, 0.2) is 0 Å². The first kappa shape index (κ1) is 15.0. The predicted octanol–water partition coefficient (Wildman–Crippen LogP) is 2.34. The van der Waals surface area contributed by atoms with E-state index in [9.17, 15) is 14.0 Å². The number of carbonyl (C=O) groups is 2. The van der Waals surface area contributed by atoms with Crippen LogP contribution in [-0.2, 0) is 9.59 Å². The SMILES string of the molecule is NC(=O)C1(C(=O)N(c2ccc(N)cc2)c2ccc(F)cc2)CC1. The number of nitrogens with zero attached hydrogens (tertiary/aromatic N) is 1. The van der Waals surface area contributed by atoms with Crippen molar-refractivity contribution in [2.75, 3.05) is 10.6 Å². The van der Waals surface area contributed by atoms with E-state index in [0.29, 0.717) is 29.9 Å². The quantitative estimate of drug-likeness (QED) is 0.670. The number of hydrogen-bond donors (Lipinski definition) is 2. The van der Waals surface area contributed by atoms with Gasteiger partial charge in [0.2, 0.25) is 11.8 Å². The molecule has 4 N–H and O–H groups in total. The Morgan fingerprint density at radius 3 is 1.87 bits per heavy atom. The largest absolute Gasteiger partial charge is 0.399 e. The van der Waals surface area contributed by atoms with Crippen LogP contribution in [0.2, 0.25) is 0 Å². The molecule has 1 aliphatic rings. The van der Waals surface area contributed by atoms with Gasteiger partial charge in [-0.15, -0.1) is 0 Å². The number of benzene rings is 2. The third-order valence-electron chi connectivity index (χ3n) is 4.07. The lowest BCUT2D eigenvalue weighted by atomic mass is 10.0. The van der Waals surface area contributed by atoms with Gasteiger partial charge in [-0.25, -0.2) is 4.39 Å². The van der Waals surface area contributed by atoms with Crippen molar-refractivity contribution in [2.24, 2.45) is 11.1 Å². The van der Waals surface area contributed by atoms with Gasteiger partial charge in [0.25, 0.3) is 0 Å². The van der Waals surface area contributed by atoms with Crippen molar-refractivity contribution in [2.45, 2.75) is 12.8 Å². The summed E-state index contributed by atoms with van der Waals surface area (Å²) in [6.45, 7) is 0. The molecule has 0 atom stereocenters. The van der Waals surface area contributed by atoms with Crippen molar-refractivity contribution in [1.82, 2.24) is 0 Å². The van der Waals surface area contributed by atoms with E-state index in [1.165, 1.54) is 29.2 Å². The lowest BCUT2D eigenvalue weighted by molar-refractivity contribution is -0.133. The third kappa shape index (κ3) is 2.63. The van der Waals surface area contributed by atoms with Crippen LogP contribution in [0, 0.1) is 11.2 Å². The summed E-state index contributed by atoms with van der Waals surface area (Å²) >= 11 is 0. The number of amides is 2. The molecule has 6 heteroatoms. The average molecular weight is 313 g/mol. The molecule has 23 heavy (non-hydrogen) atoms. The van der Waals surface area contributed by atoms with E-state index in [4.69, 9.17) is 11.5 Å². The van der Waals surface area contributed by atoms with Crippen molar-refractivity contribution in [1.29, 1.82) is 0 Å². The first-order chi connectivity index (χ1) is 10.9. The van der Waals surface area contributed by atoms with Crippen molar-refractivity contribution in [3.63, 3.8) is 0 Å². The number of anilines is 3. The summed E-state index contributed by atoms with van der Waals surface area (Å²) in [7, 11) is 0. The summed E-state index contributed by atoms with van der Waals surface area (Å²) < 4.78 is 13.2. The highest BCUT2D eigenvalue weighted by Crippen LogP contribution is 2.49. The zero-order chi connectivity index (χ0) is 16.6. The third-order valence-corrected chi connectivity index (χ3v) is 4.07. The molecule has 0 aliphatic heterocycles. The summed E-state index contributed by atoms with van der Waals surface area (Å²) in [6, 6.07) is 12.2. The van der Waals surface area contributed by atoms with Gasteiger partial charge in [-0.3, -0.25) is 14.5 Å². The van der Waals surface area contributed by atoms with E-state index in [1.807, 2.05) is 0 Å². The fourth-order valence-corrected chi connectivity index (χ4v) is 2.50. The molecular formula is C17H16FN3O2. The molecule has 5 nitrogen and oxygen atoms in total. The Balaban J connectivity index is 2.06. The van der Waals surface area contributed by atoms with Gasteiger partial charge < -0.3 is 11.5 Å². The maximum absolute atomic E-state index is 13.2. The molecule has 0 saturated heterocycles. The van der Waals surface area contributed by atoms with Gasteiger partial charge in [0.1, 0.15) is 11.2 Å². The Morgan fingerprint density at radius 1 is 0.957 bits per heavy atom. The normalized spacial score (nSPS) is 15.0. The van der Waals surface area contributed by atoms with Crippen LogP contribution in [0.4, 0.5) is 21.5 Å². The molecule has 1 aliphatic carbocycles. The minimum atomic E-state index is -1.17. The van der Waals surface area contributed by atoms with Crippen LogP contribution in [-0.4, -0.2) is 11.8 Å². The number of nitrogen functional groups attached to an aromatic ring is 1. The zero-order valence-corrected chi connectivity index (χ0v) is 12.3. The minimum Gasteiger partial charge on any atom is -0.399 e. The van der Waals surface area contributed by atoms with Gasteiger partial charge in [-0.1, -0.05) is 0 Å². The van der Waals surface area contributed by atoms with E-state index < -0.39 is 23.0 Å². The Kier molecular flexibility index (Phi) is 3.52. The van der Waals surface area contributed by atoms with Crippen LogP contribution in [0.15, 0.2) is 48.5 Å². The van der Waals surface area contributed by atoms with Gasteiger partial charge in [0, 0.05) is 17.1 Å². The van der Waals surface area contributed by atoms with E-state index in [0.717, 1.165) is 0 Å². The van der Waals surface area contributed by atoms with Crippen molar-refractivity contribution < 1.29 is 14.0 Å². The molecule has 0 aromatic heterocycles. The number of primary amides is 1. The van der Waals surface area contributed by atoms with Gasteiger partial charge >= 0.3 is 0 Å². The highest BCUT2D eigenvalue weighted by Gasteiger charge is 2.57. The lowest BCUT2D eigenvalue weighted by Crippen LogP contribution is -2.41. The molecule has 118 valence electrons. The average Bonchev–Trinajstić information content (AvgIpc) is 3.33. The number of halogens is 1. The topological polar surface area (TPSA) is 89.4 Å². The Hall–Kier alpha value is -2.89. The number of nitrogens with two attached hydrogens (primary N) is 2. The first-order valence-corrected chi connectivity index (χ1v) is 7.20. The van der Waals surface area contributed by atoms with Crippen molar-refractivity contribution in [3.8, 4) is 0 Å². The molecule has 2 amide bonds. The second kappa shape index (κ2) is 5.39. The molecule has 0 heterocycles. The van der Waals surface area contributed by atoms with Crippen LogP contribution in [0.5, 0.6) is 0 Å². The van der Waals surface area contributed by atoms with Crippen LogP contribution >= 0.6 is 0 Å². The molecule has 1 saturated carbocycles. The number of carbonyl (C=O) groups excluding carboxylic acids is 2. The van der Waals surface area contributed by atoms with E-state index in [2.05, 4.69) is 0 Å². The molecule has 0 radical (unpaired) electrons. The monoisotopic (exact) mass is 313 g/mol. The molecule has 3 rings (SSSR count). The summed E-state index contributed by atoms with van der Waals surface area (Å²) in [5.74, 6) is -1.44. The smallest absolute Gasteiger partial charge is 0.247 e. The predicted molar refractivity (Wildman–Crippen MR) is 85.3 cm³/mol. The van der Waals surface area contributed by atoms with Gasteiger partial charge in [-0.2, -0.15) is 0 Å². The molecule has 0 spiro atoms. The molecule has 2 aromatic carbocycles. The zero-order valence-electron chi connectivity index (χ0n) is 12.3. The lowest BCUT2D eigenvalue weighted by Gasteiger charge is -2.26. The van der Waals surface area contributed by atoms with E-state index in [-0.39, 0.29) is 0 Å². The molecule has 2 aromatic rings. The van der Waals surface area contributed by atoms with E-state index in [1.54, 1.807) is 24.3 Å². The Bertz CT molecular complexity index is 707. The van der Waals surface area contributed by atoms with Crippen LogP contribution in [0.3, 0.4) is 0 Å². The highest BCUT2D eigenvalue weighted by molar-refractivity contribution is 6.16. The Labute approximate surface area is 132 Å². The molecule has 0 bridgehead atoms. The molecule has 1 fully saturated rings. The van der Waals surface area contributed by atoms with E-state index >= 15 is 0 Å². The summed E-state index contributed by atoms with van der Waals surface area (Å²) in [6.07, 6.45) is 0.849. The van der Waals surface area contributed by atoms with Crippen molar-refractivity contribution >= 4 is 28.9 Å². The standard InChI is InChI=1S/C17H16FN3O2/c18-11-1-5-13(6-2-11)21(14-7-3-12(19)4-8-14)16(23)17(9-10-17)15(20)22/h1-8H,9-10,19H2,(H2,20,22). The molecular weight excluding hydrogens is 297 g/mol. The van der Waals surface area contributed by atoms with Crippen LogP contribution < -0.4 is 16.4 Å². The molecule has 0 unspecified atom stereocenters. The Morgan fingerprint density at radius 2 is 1.43 bits per heavy atom. The van der Waals surface area contributed by atoms with Crippen molar-refractivity contribution in [3.05, 3.63) is 54.3 Å².